The first-order valence-electron chi connectivity index (χ1n) is 21.9. The molecule has 6 aliphatic rings. The molecule has 12 atom stereocenters. The van der Waals surface area contributed by atoms with E-state index < -0.39 is 23.1 Å². The lowest BCUT2D eigenvalue weighted by molar-refractivity contribution is -0.204. The number of esters is 1. The van der Waals surface area contributed by atoms with Crippen LogP contribution in [-0.2, 0) is 22.5 Å². The van der Waals surface area contributed by atoms with Crippen LogP contribution in [0.4, 0.5) is 4.39 Å². The molecule has 6 saturated carbocycles. The van der Waals surface area contributed by atoms with Crippen LogP contribution in [0.25, 0.3) is 0 Å². The fourth-order valence-electron chi connectivity index (χ4n) is 14.6. The molecule has 8 rings (SSSR count). The third-order valence-electron chi connectivity index (χ3n) is 17.7. The molecule has 2 amide bonds. The van der Waals surface area contributed by atoms with Gasteiger partial charge in [-0.3, -0.25) is 9.59 Å². The average molecular weight is 895 g/mol. The highest BCUT2D eigenvalue weighted by Crippen LogP contribution is 2.77. The zero-order chi connectivity index (χ0) is 40.7. The highest BCUT2D eigenvalue weighted by atomic mass is 127. The molecule has 2 aromatic rings. The van der Waals surface area contributed by atoms with E-state index in [0.29, 0.717) is 53.1 Å². The Labute approximate surface area is 353 Å². The molecule has 310 valence electrons. The normalized spacial score (nSPS) is 40.1. The lowest BCUT2D eigenvalue weighted by atomic mass is 9.36. The molecular weight excluding hydrogens is 830 g/mol. The second-order valence-corrected chi connectivity index (χ2v) is 22.4. The van der Waals surface area contributed by atoms with E-state index in [-0.39, 0.29) is 50.3 Å². The molecule has 12 unspecified atom stereocenters. The largest absolute Gasteiger partial charge is 0.465 e. The van der Waals surface area contributed by atoms with Crippen molar-refractivity contribution in [1.29, 1.82) is 0 Å². The van der Waals surface area contributed by atoms with Crippen molar-refractivity contribution in [2.24, 2.45) is 63.1 Å². The lowest BCUT2D eigenvalue weighted by Gasteiger charge is -2.72. The molecule has 0 saturated heterocycles. The van der Waals surface area contributed by atoms with Gasteiger partial charge in [-0.15, -0.1) is 0 Å². The Bertz CT molecular complexity index is 1920. The zero-order valence-corrected chi connectivity index (χ0v) is 37.1. The van der Waals surface area contributed by atoms with Crippen molar-refractivity contribution in [1.82, 2.24) is 10.6 Å². The molecule has 0 aromatic heterocycles. The van der Waals surface area contributed by atoms with E-state index in [4.69, 9.17) is 4.74 Å². The van der Waals surface area contributed by atoms with Gasteiger partial charge in [0.15, 0.2) is 0 Å². The van der Waals surface area contributed by atoms with Crippen LogP contribution in [0.5, 0.6) is 0 Å². The molecule has 6 fully saturated rings. The topological polar surface area (TPSA) is 105 Å². The van der Waals surface area contributed by atoms with Crippen LogP contribution in [-0.4, -0.2) is 46.1 Å². The van der Waals surface area contributed by atoms with Gasteiger partial charge < -0.3 is 20.5 Å². The number of aliphatic hydroxyl groups is 1. The number of ether oxygens (including phenoxy) is 1. The number of carbonyl (C=O) groups excluding carboxylic acids is 3. The van der Waals surface area contributed by atoms with Gasteiger partial charge in [-0.1, -0.05) is 75.4 Å². The number of nitrogens with one attached hydrogen (secondary N) is 2. The number of carbonyl (C=O) groups is 3. The molecular formula is C48H64FIN2O5. The van der Waals surface area contributed by atoms with Crippen molar-refractivity contribution >= 4 is 40.4 Å². The van der Waals surface area contributed by atoms with Crippen LogP contribution in [0, 0.1) is 68.9 Å². The first kappa shape index (κ1) is 41.2. The van der Waals surface area contributed by atoms with Crippen LogP contribution in [0.3, 0.4) is 0 Å². The second-order valence-electron chi connectivity index (χ2n) is 20.4. The standard InChI is InChI=1S/C48H64FIN2O5/c1-28-24-33(28)32-14-20-47(21-22-48(50)35(40(32)47)11-13-38-45(4)18-16-39(53)44(2,3)37(45)15-19-46(38,48)5)43(56)52-27-30-10-12-36(49)34(26-30)41(54)51-23-17-29-8-7-9-31(25-29)42(55)57-6/h7-10,12,25-26,28,32-33,35,37-40,53H,11,13-24,27H2,1-6H3,(H,51,54)(H,52,56). The van der Waals surface area contributed by atoms with Crippen molar-refractivity contribution in [2.45, 2.75) is 128 Å². The Hall–Kier alpha value is -2.53. The van der Waals surface area contributed by atoms with Gasteiger partial charge >= 0.3 is 5.97 Å². The fourth-order valence-corrected chi connectivity index (χ4v) is 16.2. The molecule has 3 N–H and O–H groups in total. The summed E-state index contributed by atoms with van der Waals surface area (Å²) in [5.74, 6) is 2.62. The Morgan fingerprint density at radius 3 is 2.39 bits per heavy atom. The zero-order valence-electron chi connectivity index (χ0n) is 34.9. The summed E-state index contributed by atoms with van der Waals surface area (Å²) in [4.78, 5) is 40.0. The number of amides is 2. The predicted molar refractivity (Wildman–Crippen MR) is 228 cm³/mol. The summed E-state index contributed by atoms with van der Waals surface area (Å²) < 4.78 is 20.0. The predicted octanol–water partition coefficient (Wildman–Crippen LogP) is 9.47. The van der Waals surface area contributed by atoms with E-state index in [9.17, 15) is 19.5 Å². The summed E-state index contributed by atoms with van der Waals surface area (Å²) in [5.41, 5.74) is 1.89. The SMILES string of the molecule is COC(=O)c1cccc(CCNC(=O)c2cc(CNC(=O)C34CCC(C5CC5C)C3C3CCC5C6(C)CCC(O)C(C)(C)C6CCC5(C)C3(I)CC4)ccc2F)c1. The number of alkyl halides is 1. The molecule has 7 nitrogen and oxygen atoms in total. The van der Waals surface area contributed by atoms with Crippen LogP contribution in [0.1, 0.15) is 137 Å². The van der Waals surface area contributed by atoms with Gasteiger partial charge in [0.2, 0.25) is 5.91 Å². The maximum atomic E-state index is 15.1. The number of methoxy groups -OCH3 is 1. The minimum atomic E-state index is -0.600. The van der Waals surface area contributed by atoms with Gasteiger partial charge in [0.05, 0.1) is 29.8 Å². The maximum Gasteiger partial charge on any atom is 0.337 e. The van der Waals surface area contributed by atoms with Gasteiger partial charge in [-0.25, -0.2) is 9.18 Å². The monoisotopic (exact) mass is 894 g/mol. The number of benzene rings is 2. The first-order valence-corrected chi connectivity index (χ1v) is 23.0. The molecule has 0 radical (unpaired) electrons. The summed E-state index contributed by atoms with van der Waals surface area (Å²) in [7, 11) is 1.34. The molecule has 0 bridgehead atoms. The smallest absolute Gasteiger partial charge is 0.337 e. The Morgan fingerprint density at radius 2 is 1.65 bits per heavy atom. The van der Waals surface area contributed by atoms with E-state index in [2.05, 4.69) is 67.8 Å². The fraction of sp³-hybridized carbons (Fsp3) is 0.688. The minimum Gasteiger partial charge on any atom is -0.465 e. The summed E-state index contributed by atoms with van der Waals surface area (Å²) in [6, 6.07) is 11.6. The number of aliphatic hydroxyl groups excluding tert-OH is 1. The average Bonchev–Trinajstić information content (AvgIpc) is 3.78. The molecule has 0 heterocycles. The van der Waals surface area contributed by atoms with Gasteiger partial charge in [0, 0.05) is 16.5 Å². The molecule has 6 aliphatic carbocycles. The minimum absolute atomic E-state index is 0.0404. The molecule has 57 heavy (non-hydrogen) atoms. The van der Waals surface area contributed by atoms with Crippen molar-refractivity contribution < 1.29 is 28.6 Å². The lowest BCUT2D eigenvalue weighted by Crippen LogP contribution is -2.69. The van der Waals surface area contributed by atoms with Crippen molar-refractivity contribution in [3.63, 3.8) is 0 Å². The Kier molecular flexibility index (Phi) is 10.8. The van der Waals surface area contributed by atoms with E-state index >= 15 is 4.39 Å². The van der Waals surface area contributed by atoms with Crippen LogP contribution < -0.4 is 10.6 Å². The van der Waals surface area contributed by atoms with E-state index in [1.807, 2.05) is 6.07 Å². The van der Waals surface area contributed by atoms with Crippen LogP contribution in [0.2, 0.25) is 0 Å². The summed E-state index contributed by atoms with van der Waals surface area (Å²) in [6.07, 6.45) is 12.3. The molecule has 0 aliphatic heterocycles. The van der Waals surface area contributed by atoms with Crippen molar-refractivity contribution in [3.05, 3.63) is 70.5 Å². The van der Waals surface area contributed by atoms with E-state index in [1.54, 1.807) is 30.3 Å². The quantitative estimate of drug-likeness (QED) is 0.132. The number of fused-ring (bicyclic) bond motifs is 7. The second kappa shape index (κ2) is 14.9. The Balaban J connectivity index is 0.983. The van der Waals surface area contributed by atoms with Gasteiger partial charge in [-0.05, 0) is 170 Å². The molecule has 2 aromatic carbocycles. The third kappa shape index (κ3) is 6.60. The maximum absolute atomic E-state index is 15.1. The van der Waals surface area contributed by atoms with Gasteiger partial charge in [-0.2, -0.15) is 0 Å². The van der Waals surface area contributed by atoms with Gasteiger partial charge in [0.1, 0.15) is 5.82 Å². The van der Waals surface area contributed by atoms with Crippen LogP contribution >= 0.6 is 22.6 Å². The summed E-state index contributed by atoms with van der Waals surface area (Å²) in [5, 5.41) is 17.4. The summed E-state index contributed by atoms with van der Waals surface area (Å²) >= 11 is 2.96. The highest BCUT2D eigenvalue weighted by molar-refractivity contribution is 14.1. The summed E-state index contributed by atoms with van der Waals surface area (Å²) in [6.45, 7) is 12.8. The van der Waals surface area contributed by atoms with Gasteiger partial charge in [0.25, 0.3) is 5.91 Å². The highest BCUT2D eigenvalue weighted by Gasteiger charge is 2.73. The van der Waals surface area contributed by atoms with Crippen LogP contribution in [0.15, 0.2) is 42.5 Å². The first-order chi connectivity index (χ1) is 27.0. The number of hydrogen-bond donors (Lipinski definition) is 3. The number of hydrogen-bond acceptors (Lipinski definition) is 5. The third-order valence-corrected chi connectivity index (χ3v) is 20.2. The number of rotatable bonds is 9. The van der Waals surface area contributed by atoms with Crippen molar-refractivity contribution in [2.75, 3.05) is 13.7 Å². The molecule has 9 heteroatoms. The van der Waals surface area contributed by atoms with E-state index in [0.717, 1.165) is 50.0 Å². The van der Waals surface area contributed by atoms with E-state index in [1.165, 1.54) is 45.3 Å². The number of halogens is 2. The van der Waals surface area contributed by atoms with Crippen molar-refractivity contribution in [3.8, 4) is 0 Å². The molecule has 0 spiro atoms. The Morgan fingerprint density at radius 1 is 0.877 bits per heavy atom.